The summed E-state index contributed by atoms with van der Waals surface area (Å²) in [5.74, 6) is 1.73. The number of aromatic nitrogens is 2. The van der Waals surface area contributed by atoms with E-state index < -0.39 is 0 Å². The molecule has 0 fully saturated rings. The molecule has 0 spiro atoms. The lowest BCUT2D eigenvalue weighted by Gasteiger charge is -2.32. The van der Waals surface area contributed by atoms with E-state index in [-0.39, 0.29) is 36.0 Å². The van der Waals surface area contributed by atoms with Crippen molar-refractivity contribution in [2.45, 2.75) is 53.1 Å². The van der Waals surface area contributed by atoms with Crippen molar-refractivity contribution in [1.29, 1.82) is 0 Å². The van der Waals surface area contributed by atoms with E-state index in [1.807, 2.05) is 18.5 Å². The summed E-state index contributed by atoms with van der Waals surface area (Å²) < 4.78 is 2.14. The van der Waals surface area contributed by atoms with Crippen LogP contribution >= 0.6 is 24.0 Å². The third-order valence-corrected chi connectivity index (χ3v) is 5.49. The van der Waals surface area contributed by atoms with E-state index in [4.69, 9.17) is 4.99 Å². The Kier molecular flexibility index (Phi) is 11.9. The summed E-state index contributed by atoms with van der Waals surface area (Å²) in [7, 11) is 0. The molecule has 0 bridgehead atoms. The fraction of sp³-hybridized carbons (Fsp3) is 0.545. The topological polar surface area (TPSA) is 74.5 Å². The number of aliphatic imine (C=N–C) groups is 1. The van der Waals surface area contributed by atoms with Crippen molar-refractivity contribution < 1.29 is 5.11 Å². The highest BCUT2D eigenvalue weighted by molar-refractivity contribution is 14.0. The van der Waals surface area contributed by atoms with Gasteiger partial charge in [-0.3, -0.25) is 0 Å². The smallest absolute Gasteiger partial charge is 0.191 e. The Hall–Kier alpha value is -1.61. The minimum Gasteiger partial charge on any atom is -0.396 e. The maximum absolute atomic E-state index is 9.43. The van der Waals surface area contributed by atoms with Crippen LogP contribution in [-0.2, 0) is 13.1 Å². The van der Waals surface area contributed by atoms with Crippen LogP contribution in [0.5, 0.6) is 0 Å². The average molecular weight is 513 g/mol. The highest BCUT2D eigenvalue weighted by atomic mass is 127. The van der Waals surface area contributed by atoms with Gasteiger partial charge in [-0.2, -0.15) is 0 Å². The second-order valence-electron chi connectivity index (χ2n) is 7.19. The summed E-state index contributed by atoms with van der Waals surface area (Å²) in [6, 6.07) is 10.4. The normalized spacial score (nSPS) is 11.8. The van der Waals surface area contributed by atoms with Crippen LogP contribution < -0.4 is 10.6 Å². The number of hydrogen-bond donors (Lipinski definition) is 3. The van der Waals surface area contributed by atoms with Gasteiger partial charge in [-0.1, -0.05) is 44.2 Å². The molecule has 6 nitrogen and oxygen atoms in total. The molecule has 2 rings (SSSR count). The van der Waals surface area contributed by atoms with Gasteiger partial charge in [-0.05, 0) is 37.2 Å². The molecule has 29 heavy (non-hydrogen) atoms. The van der Waals surface area contributed by atoms with E-state index in [9.17, 15) is 5.11 Å². The number of imidazole rings is 1. The summed E-state index contributed by atoms with van der Waals surface area (Å²) in [4.78, 5) is 9.22. The molecule has 7 heteroatoms. The van der Waals surface area contributed by atoms with E-state index in [1.54, 1.807) is 0 Å². The molecule has 0 unspecified atom stereocenters. The first-order chi connectivity index (χ1) is 13.7. The molecule has 162 valence electrons. The largest absolute Gasteiger partial charge is 0.396 e. The van der Waals surface area contributed by atoms with E-state index in [2.05, 4.69) is 65.2 Å². The second kappa shape index (κ2) is 13.6. The highest BCUT2D eigenvalue weighted by Gasteiger charge is 2.25. The lowest BCUT2D eigenvalue weighted by molar-refractivity contribution is 0.169. The van der Waals surface area contributed by atoms with Gasteiger partial charge in [0, 0.05) is 38.6 Å². The van der Waals surface area contributed by atoms with Gasteiger partial charge in [-0.15, -0.1) is 24.0 Å². The summed E-state index contributed by atoms with van der Waals surface area (Å²) in [5.41, 5.74) is 1.34. The minimum atomic E-state index is 0. The van der Waals surface area contributed by atoms with Crippen molar-refractivity contribution in [1.82, 2.24) is 20.2 Å². The molecule has 0 saturated carbocycles. The number of nitrogens with one attached hydrogen (secondary N) is 2. The highest BCUT2D eigenvalue weighted by Crippen LogP contribution is 2.29. The number of aliphatic hydroxyl groups excluding tert-OH is 1. The van der Waals surface area contributed by atoms with Crippen molar-refractivity contribution >= 4 is 29.9 Å². The number of halogens is 1. The van der Waals surface area contributed by atoms with Gasteiger partial charge in [0.2, 0.25) is 0 Å². The summed E-state index contributed by atoms with van der Waals surface area (Å²) >= 11 is 0. The van der Waals surface area contributed by atoms with Gasteiger partial charge >= 0.3 is 0 Å². The molecule has 0 atom stereocenters. The van der Waals surface area contributed by atoms with E-state index in [1.165, 1.54) is 5.56 Å². The van der Waals surface area contributed by atoms with Crippen LogP contribution in [0, 0.1) is 5.41 Å². The third-order valence-electron chi connectivity index (χ3n) is 5.49. The molecule has 0 aliphatic carbocycles. The maximum atomic E-state index is 9.43. The Bertz CT molecular complexity index is 713. The first-order valence-corrected chi connectivity index (χ1v) is 10.3. The quantitative estimate of drug-likeness (QED) is 0.243. The molecular formula is C22H36IN5O. The van der Waals surface area contributed by atoms with E-state index >= 15 is 0 Å². The Morgan fingerprint density at radius 2 is 1.86 bits per heavy atom. The van der Waals surface area contributed by atoms with Crippen LogP contribution in [0.1, 0.15) is 51.4 Å². The van der Waals surface area contributed by atoms with Crippen LogP contribution in [-0.4, -0.2) is 40.3 Å². The third kappa shape index (κ3) is 7.97. The van der Waals surface area contributed by atoms with E-state index in [0.717, 1.165) is 50.7 Å². The number of benzene rings is 1. The number of aliphatic hydroxyl groups is 1. The van der Waals surface area contributed by atoms with Gasteiger partial charge in [0.1, 0.15) is 12.4 Å². The molecule has 1 heterocycles. The second-order valence-corrected chi connectivity index (χ2v) is 7.19. The van der Waals surface area contributed by atoms with Crippen molar-refractivity contribution in [3.8, 4) is 0 Å². The first-order valence-electron chi connectivity index (χ1n) is 10.3. The minimum absolute atomic E-state index is 0. The zero-order valence-corrected chi connectivity index (χ0v) is 20.2. The molecule has 0 aliphatic heterocycles. The average Bonchev–Trinajstić information content (AvgIpc) is 3.16. The molecule has 1 aromatic carbocycles. The predicted octanol–water partition coefficient (Wildman–Crippen LogP) is 3.79. The maximum Gasteiger partial charge on any atom is 0.191 e. The van der Waals surface area contributed by atoms with Gasteiger partial charge in [0.25, 0.3) is 0 Å². The van der Waals surface area contributed by atoms with Crippen LogP contribution in [0.4, 0.5) is 0 Å². The molecular weight excluding hydrogens is 477 g/mol. The predicted molar refractivity (Wildman–Crippen MR) is 131 cm³/mol. The van der Waals surface area contributed by atoms with Gasteiger partial charge < -0.3 is 20.3 Å². The van der Waals surface area contributed by atoms with Crippen LogP contribution in [0.15, 0.2) is 47.7 Å². The Labute approximate surface area is 192 Å². The zero-order chi connectivity index (χ0) is 20.2. The zero-order valence-electron chi connectivity index (χ0n) is 17.9. The SMILES string of the molecule is CCNC(=NCc1nccn1Cc1ccccc1)NCC(CC)(CC)CCO.I. The van der Waals surface area contributed by atoms with Crippen LogP contribution in [0.3, 0.4) is 0 Å². The first kappa shape index (κ1) is 25.4. The van der Waals surface area contributed by atoms with Crippen molar-refractivity contribution in [3.05, 3.63) is 54.1 Å². The lowest BCUT2D eigenvalue weighted by Crippen LogP contribution is -2.44. The fourth-order valence-corrected chi connectivity index (χ4v) is 3.36. The Balaban J connectivity index is 0.00000420. The molecule has 0 saturated heterocycles. The Morgan fingerprint density at radius 1 is 1.14 bits per heavy atom. The van der Waals surface area contributed by atoms with Gasteiger partial charge in [0.05, 0.1) is 0 Å². The van der Waals surface area contributed by atoms with Crippen molar-refractivity contribution in [2.24, 2.45) is 10.4 Å². The molecule has 2 aromatic rings. The van der Waals surface area contributed by atoms with E-state index in [0.29, 0.717) is 6.54 Å². The molecule has 0 amide bonds. The summed E-state index contributed by atoms with van der Waals surface area (Å²) in [6.45, 7) is 9.56. The Morgan fingerprint density at radius 3 is 2.48 bits per heavy atom. The summed E-state index contributed by atoms with van der Waals surface area (Å²) in [5, 5.41) is 16.2. The fourth-order valence-electron chi connectivity index (χ4n) is 3.36. The number of hydrogen-bond acceptors (Lipinski definition) is 3. The summed E-state index contributed by atoms with van der Waals surface area (Å²) in [6.07, 6.45) is 6.68. The lowest BCUT2D eigenvalue weighted by atomic mass is 9.79. The molecule has 1 aromatic heterocycles. The standard InChI is InChI=1S/C22H35N5O.HI/c1-4-22(5-2,12-15-28)18-26-21(23-6-3)25-16-20-24-13-14-27(20)17-19-10-8-7-9-11-19;/h7-11,13-14,28H,4-6,12,15-18H2,1-3H3,(H2,23,25,26);1H. The number of guanidine groups is 1. The molecule has 3 N–H and O–H groups in total. The van der Waals surface area contributed by atoms with Crippen LogP contribution in [0.2, 0.25) is 0 Å². The van der Waals surface area contributed by atoms with Gasteiger partial charge in [-0.25, -0.2) is 9.98 Å². The number of nitrogens with zero attached hydrogens (tertiary/aromatic N) is 3. The van der Waals surface area contributed by atoms with Gasteiger partial charge in [0.15, 0.2) is 5.96 Å². The number of rotatable bonds is 11. The van der Waals surface area contributed by atoms with Crippen molar-refractivity contribution in [2.75, 3.05) is 19.7 Å². The molecule has 0 aliphatic rings. The molecule has 0 radical (unpaired) electrons. The van der Waals surface area contributed by atoms with Crippen LogP contribution in [0.25, 0.3) is 0 Å². The monoisotopic (exact) mass is 513 g/mol. The van der Waals surface area contributed by atoms with Crippen molar-refractivity contribution in [3.63, 3.8) is 0 Å².